The molecule has 7 nitrogen and oxygen atoms in total. The number of carbonyl (C=O) groups excluding carboxylic acids is 1. The van der Waals surface area contributed by atoms with Crippen LogP contribution in [0.4, 0.5) is 9.80 Å². The van der Waals surface area contributed by atoms with Crippen LogP contribution in [-0.4, -0.2) is 28.0 Å². The minimum absolute atomic E-state index is 0.164. The normalized spacial score (nSPS) is 11.0. The van der Waals surface area contributed by atoms with Crippen LogP contribution in [0.1, 0.15) is 25.1 Å². The van der Waals surface area contributed by atoms with Gasteiger partial charge in [-0.15, -0.1) is 0 Å². The van der Waals surface area contributed by atoms with Crippen LogP contribution in [0.15, 0.2) is 42.6 Å². The first-order valence-electron chi connectivity index (χ1n) is 10.2. The Kier molecular flexibility index (Phi) is 6.62. The summed E-state index contributed by atoms with van der Waals surface area (Å²) in [5.41, 5.74) is 3.42. The molecule has 0 bridgehead atoms. The average molecular weight is 471 g/mol. The number of methoxy groups -OCH3 is 1. The van der Waals surface area contributed by atoms with E-state index in [-0.39, 0.29) is 6.61 Å². The van der Waals surface area contributed by atoms with E-state index in [4.69, 9.17) is 21.1 Å². The Balaban J connectivity index is 1.46. The third-order valence-electron chi connectivity index (χ3n) is 4.95. The Morgan fingerprint density at radius 3 is 2.81 bits per heavy atom. The molecular formula is C23H23ClN4O3S. The van der Waals surface area contributed by atoms with Gasteiger partial charge in [0, 0.05) is 23.2 Å². The summed E-state index contributed by atoms with van der Waals surface area (Å²) in [7, 11) is 1.59. The van der Waals surface area contributed by atoms with Gasteiger partial charge >= 0.3 is 6.09 Å². The van der Waals surface area contributed by atoms with Gasteiger partial charge in [-0.05, 0) is 49.2 Å². The second-order valence-corrected chi connectivity index (χ2v) is 8.51. The lowest BCUT2D eigenvalue weighted by Crippen LogP contribution is -2.13. The SMILES string of the molecule is CCc1nc(-c2ccc(Cl)cc2OC)sc1NC(=O)OCc1ccc2nn(CC)cc2c1. The van der Waals surface area contributed by atoms with Crippen LogP contribution in [0.3, 0.4) is 0 Å². The maximum atomic E-state index is 12.5. The van der Waals surface area contributed by atoms with Gasteiger partial charge < -0.3 is 9.47 Å². The molecule has 0 aliphatic rings. The molecular weight excluding hydrogens is 448 g/mol. The van der Waals surface area contributed by atoms with Crippen molar-refractivity contribution in [2.24, 2.45) is 0 Å². The van der Waals surface area contributed by atoms with Crippen molar-refractivity contribution in [3.63, 3.8) is 0 Å². The summed E-state index contributed by atoms with van der Waals surface area (Å²) in [6, 6.07) is 11.2. The Labute approximate surface area is 194 Å². The molecule has 1 N–H and O–H groups in total. The van der Waals surface area contributed by atoms with Crippen molar-refractivity contribution in [1.29, 1.82) is 0 Å². The van der Waals surface area contributed by atoms with Gasteiger partial charge in [0.05, 0.1) is 23.9 Å². The number of thiazole rings is 1. The molecule has 2 heterocycles. The lowest BCUT2D eigenvalue weighted by molar-refractivity contribution is 0.155. The number of ether oxygens (including phenoxy) is 2. The molecule has 9 heteroatoms. The van der Waals surface area contributed by atoms with Gasteiger partial charge in [0.25, 0.3) is 0 Å². The molecule has 1 amide bonds. The van der Waals surface area contributed by atoms with Crippen LogP contribution in [-0.2, 0) is 24.3 Å². The summed E-state index contributed by atoms with van der Waals surface area (Å²) in [4.78, 5) is 17.1. The van der Waals surface area contributed by atoms with E-state index in [0.717, 1.165) is 39.3 Å². The molecule has 0 saturated carbocycles. The van der Waals surface area contributed by atoms with E-state index < -0.39 is 6.09 Å². The van der Waals surface area contributed by atoms with Gasteiger partial charge in [0.2, 0.25) is 0 Å². The summed E-state index contributed by atoms with van der Waals surface area (Å²) in [6.45, 7) is 5.00. The van der Waals surface area contributed by atoms with Crippen LogP contribution in [0.2, 0.25) is 5.02 Å². The maximum Gasteiger partial charge on any atom is 0.412 e. The molecule has 0 saturated heterocycles. The minimum Gasteiger partial charge on any atom is -0.496 e. The molecule has 4 rings (SSSR count). The molecule has 0 atom stereocenters. The van der Waals surface area contributed by atoms with Crippen molar-refractivity contribution in [2.45, 2.75) is 33.4 Å². The standard InChI is InChI=1S/C23H23ClN4O3S/c1-4-18-22(32-21(25-18)17-8-7-16(24)11-20(17)30-3)26-23(29)31-13-14-6-9-19-15(10-14)12-28(5-2)27-19/h6-12H,4-5,13H2,1-3H3,(H,26,29). The number of carbonyl (C=O) groups is 1. The van der Waals surface area contributed by atoms with Crippen molar-refractivity contribution in [1.82, 2.24) is 14.8 Å². The van der Waals surface area contributed by atoms with E-state index in [1.54, 1.807) is 19.2 Å². The number of aryl methyl sites for hydroxylation is 2. The number of amides is 1. The molecule has 166 valence electrons. The Hall–Kier alpha value is -3.10. The molecule has 4 aromatic rings. The van der Waals surface area contributed by atoms with Crippen molar-refractivity contribution in [3.05, 3.63) is 58.9 Å². The van der Waals surface area contributed by atoms with E-state index in [1.165, 1.54) is 11.3 Å². The second-order valence-electron chi connectivity index (χ2n) is 7.07. The third-order valence-corrected chi connectivity index (χ3v) is 6.23. The first kappa shape index (κ1) is 22.1. The average Bonchev–Trinajstić information content (AvgIpc) is 3.40. The fourth-order valence-corrected chi connectivity index (χ4v) is 4.53. The first-order chi connectivity index (χ1) is 15.5. The highest BCUT2D eigenvalue weighted by Gasteiger charge is 2.17. The molecule has 2 aromatic heterocycles. The Bertz CT molecular complexity index is 1270. The number of hydrogen-bond acceptors (Lipinski definition) is 6. The van der Waals surface area contributed by atoms with Crippen molar-refractivity contribution < 1.29 is 14.3 Å². The fourth-order valence-electron chi connectivity index (χ4n) is 3.30. The van der Waals surface area contributed by atoms with E-state index >= 15 is 0 Å². The highest BCUT2D eigenvalue weighted by atomic mass is 35.5. The highest BCUT2D eigenvalue weighted by molar-refractivity contribution is 7.19. The minimum atomic E-state index is -0.526. The molecule has 0 radical (unpaired) electrons. The number of nitrogens with zero attached hydrogens (tertiary/aromatic N) is 3. The number of benzene rings is 2. The predicted molar refractivity (Wildman–Crippen MR) is 128 cm³/mol. The summed E-state index contributed by atoms with van der Waals surface area (Å²) < 4.78 is 12.8. The molecule has 0 aliphatic heterocycles. The molecule has 0 aliphatic carbocycles. The molecule has 0 spiro atoms. The predicted octanol–water partition coefficient (Wildman–Crippen LogP) is 6.15. The van der Waals surface area contributed by atoms with Crippen LogP contribution < -0.4 is 10.1 Å². The molecule has 32 heavy (non-hydrogen) atoms. The third kappa shape index (κ3) is 4.71. The van der Waals surface area contributed by atoms with Crippen molar-refractivity contribution >= 4 is 44.9 Å². The fraction of sp³-hybridized carbons (Fsp3) is 0.261. The topological polar surface area (TPSA) is 78.3 Å². The molecule has 0 fully saturated rings. The van der Waals surface area contributed by atoms with Crippen LogP contribution >= 0.6 is 22.9 Å². The maximum absolute atomic E-state index is 12.5. The van der Waals surface area contributed by atoms with E-state index in [2.05, 4.69) is 15.4 Å². The lowest BCUT2D eigenvalue weighted by Gasteiger charge is -2.07. The van der Waals surface area contributed by atoms with E-state index in [9.17, 15) is 4.79 Å². The zero-order valence-electron chi connectivity index (χ0n) is 18.0. The molecule has 2 aromatic carbocycles. The van der Waals surface area contributed by atoms with Gasteiger partial charge in [-0.25, -0.2) is 9.78 Å². The number of aromatic nitrogens is 3. The van der Waals surface area contributed by atoms with Gasteiger partial charge in [-0.3, -0.25) is 10.00 Å². The second kappa shape index (κ2) is 9.58. The zero-order chi connectivity index (χ0) is 22.7. The monoisotopic (exact) mass is 470 g/mol. The number of fused-ring (bicyclic) bond motifs is 1. The Morgan fingerprint density at radius 2 is 2.06 bits per heavy atom. The van der Waals surface area contributed by atoms with Crippen LogP contribution in [0.25, 0.3) is 21.5 Å². The van der Waals surface area contributed by atoms with Crippen molar-refractivity contribution in [2.75, 3.05) is 12.4 Å². The molecule has 0 unspecified atom stereocenters. The first-order valence-corrected chi connectivity index (χ1v) is 11.4. The van der Waals surface area contributed by atoms with E-state index in [0.29, 0.717) is 22.2 Å². The van der Waals surface area contributed by atoms with Gasteiger partial charge in [0.1, 0.15) is 22.4 Å². The summed E-state index contributed by atoms with van der Waals surface area (Å²) in [6.07, 6.45) is 2.12. The highest BCUT2D eigenvalue weighted by Crippen LogP contribution is 2.38. The lowest BCUT2D eigenvalue weighted by atomic mass is 10.2. The van der Waals surface area contributed by atoms with Crippen molar-refractivity contribution in [3.8, 4) is 16.3 Å². The number of hydrogen-bond donors (Lipinski definition) is 1. The van der Waals surface area contributed by atoms with Crippen LogP contribution in [0.5, 0.6) is 5.75 Å². The summed E-state index contributed by atoms with van der Waals surface area (Å²) >= 11 is 7.44. The smallest absolute Gasteiger partial charge is 0.412 e. The number of rotatable bonds is 7. The largest absolute Gasteiger partial charge is 0.496 e. The quantitative estimate of drug-likeness (QED) is 0.350. The van der Waals surface area contributed by atoms with Crippen LogP contribution in [0, 0.1) is 0 Å². The summed E-state index contributed by atoms with van der Waals surface area (Å²) in [5.74, 6) is 0.629. The number of halogens is 1. The number of nitrogens with one attached hydrogen (secondary N) is 1. The van der Waals surface area contributed by atoms with Gasteiger partial charge in [0.15, 0.2) is 0 Å². The van der Waals surface area contributed by atoms with Gasteiger partial charge in [-0.1, -0.05) is 35.9 Å². The summed E-state index contributed by atoms with van der Waals surface area (Å²) in [5, 5.41) is 10.3. The Morgan fingerprint density at radius 1 is 1.22 bits per heavy atom. The zero-order valence-corrected chi connectivity index (χ0v) is 19.6. The number of anilines is 1. The van der Waals surface area contributed by atoms with Gasteiger partial charge in [-0.2, -0.15) is 5.10 Å². The van der Waals surface area contributed by atoms with E-state index in [1.807, 2.05) is 49.0 Å².